The van der Waals surface area contributed by atoms with Crippen LogP contribution in [0.3, 0.4) is 0 Å². The maximum absolute atomic E-state index is 12.7. The van der Waals surface area contributed by atoms with Crippen molar-refractivity contribution in [3.05, 3.63) is 11.7 Å². The molecule has 150 valence electrons. The van der Waals surface area contributed by atoms with Gasteiger partial charge in [-0.15, -0.1) is 0 Å². The summed E-state index contributed by atoms with van der Waals surface area (Å²) in [6.07, 6.45) is 3.31. The average molecular weight is 379 g/mol. The highest BCUT2D eigenvalue weighted by Gasteiger charge is 2.38. The second-order valence-electron chi connectivity index (χ2n) is 7.73. The SMILES string of the molecule is CCN(CC(=O)O)C1CC(NC(=O)N2CCCC2c2noc(C(C)C)n2)C1. The number of rotatable bonds is 7. The van der Waals surface area contributed by atoms with Gasteiger partial charge in [0.05, 0.1) is 12.6 Å². The first-order chi connectivity index (χ1) is 12.9. The maximum Gasteiger partial charge on any atom is 0.318 e. The lowest BCUT2D eigenvalue weighted by molar-refractivity contribution is -0.139. The number of hydrogen-bond acceptors (Lipinski definition) is 6. The van der Waals surface area contributed by atoms with Crippen LogP contribution in [0.4, 0.5) is 4.79 Å². The molecular weight excluding hydrogens is 350 g/mol. The molecule has 0 radical (unpaired) electrons. The van der Waals surface area contributed by atoms with Crippen LogP contribution in [0.2, 0.25) is 0 Å². The number of carbonyl (C=O) groups excluding carboxylic acids is 1. The van der Waals surface area contributed by atoms with E-state index >= 15 is 0 Å². The van der Waals surface area contributed by atoms with Gasteiger partial charge in [-0.1, -0.05) is 25.9 Å². The standard InChI is InChI=1S/C18H29N5O4/c1-4-22(10-15(24)25)13-8-12(9-13)19-18(26)23-7-5-6-14(23)16-20-17(11(2)3)27-21-16/h11-14H,4-10H2,1-3H3,(H,19,26)(H,24,25). The van der Waals surface area contributed by atoms with E-state index in [1.807, 2.05) is 25.7 Å². The Balaban J connectivity index is 1.53. The minimum atomic E-state index is -0.815. The number of carbonyl (C=O) groups is 2. The van der Waals surface area contributed by atoms with Crippen molar-refractivity contribution in [1.29, 1.82) is 0 Å². The predicted octanol–water partition coefficient (Wildman–Crippen LogP) is 1.98. The lowest BCUT2D eigenvalue weighted by atomic mass is 9.85. The quantitative estimate of drug-likeness (QED) is 0.745. The van der Waals surface area contributed by atoms with Crippen LogP contribution in [0.15, 0.2) is 4.52 Å². The molecule has 3 rings (SSSR count). The molecule has 2 amide bonds. The number of amides is 2. The van der Waals surface area contributed by atoms with Crippen molar-refractivity contribution in [3.63, 3.8) is 0 Å². The molecule has 2 N–H and O–H groups in total. The van der Waals surface area contributed by atoms with Gasteiger partial charge < -0.3 is 19.8 Å². The summed E-state index contributed by atoms with van der Waals surface area (Å²) in [5.74, 6) is 0.521. The number of likely N-dealkylation sites (tertiary alicyclic amines) is 1. The monoisotopic (exact) mass is 379 g/mol. The van der Waals surface area contributed by atoms with E-state index < -0.39 is 5.97 Å². The topological polar surface area (TPSA) is 112 Å². The molecule has 1 saturated heterocycles. The summed E-state index contributed by atoms with van der Waals surface area (Å²) < 4.78 is 5.29. The predicted molar refractivity (Wildman–Crippen MR) is 97.3 cm³/mol. The van der Waals surface area contributed by atoms with Gasteiger partial charge in [0.25, 0.3) is 0 Å². The van der Waals surface area contributed by atoms with Gasteiger partial charge in [-0.25, -0.2) is 4.79 Å². The average Bonchev–Trinajstić information content (AvgIpc) is 3.23. The van der Waals surface area contributed by atoms with Gasteiger partial charge in [0, 0.05) is 24.5 Å². The summed E-state index contributed by atoms with van der Waals surface area (Å²) in [4.78, 5) is 31.8. The van der Waals surface area contributed by atoms with Crippen LogP contribution in [-0.2, 0) is 4.79 Å². The Bertz CT molecular complexity index is 670. The third-order valence-electron chi connectivity index (χ3n) is 5.46. The number of nitrogens with one attached hydrogen (secondary N) is 1. The molecule has 0 bridgehead atoms. The molecule has 1 aliphatic carbocycles. The van der Waals surface area contributed by atoms with Crippen LogP contribution >= 0.6 is 0 Å². The van der Waals surface area contributed by atoms with Crippen molar-refractivity contribution in [2.45, 2.75) is 70.5 Å². The fourth-order valence-electron chi connectivity index (χ4n) is 3.83. The van der Waals surface area contributed by atoms with Crippen molar-refractivity contribution < 1.29 is 19.2 Å². The number of carboxylic acids is 1. The van der Waals surface area contributed by atoms with Crippen molar-refractivity contribution >= 4 is 12.0 Å². The molecule has 1 atom stereocenters. The molecule has 9 nitrogen and oxygen atoms in total. The van der Waals surface area contributed by atoms with Gasteiger partial charge in [0.2, 0.25) is 5.89 Å². The summed E-state index contributed by atoms with van der Waals surface area (Å²) in [6, 6.07) is 0.0640. The first-order valence-electron chi connectivity index (χ1n) is 9.75. The Morgan fingerprint density at radius 1 is 1.41 bits per heavy atom. The Kier molecular flexibility index (Phi) is 5.98. The number of aliphatic carboxylic acids is 1. The van der Waals surface area contributed by atoms with Gasteiger partial charge in [-0.05, 0) is 32.2 Å². The number of urea groups is 1. The minimum Gasteiger partial charge on any atom is -0.480 e. The van der Waals surface area contributed by atoms with E-state index in [-0.39, 0.29) is 36.6 Å². The Morgan fingerprint density at radius 2 is 2.15 bits per heavy atom. The van der Waals surface area contributed by atoms with Gasteiger partial charge >= 0.3 is 12.0 Å². The zero-order valence-corrected chi connectivity index (χ0v) is 16.2. The number of aromatic nitrogens is 2. The third-order valence-corrected chi connectivity index (χ3v) is 5.46. The number of hydrogen-bond donors (Lipinski definition) is 2. The Morgan fingerprint density at radius 3 is 2.74 bits per heavy atom. The van der Waals surface area contributed by atoms with E-state index in [0.717, 1.165) is 25.7 Å². The summed E-state index contributed by atoms with van der Waals surface area (Å²) in [5, 5.41) is 16.1. The molecule has 2 fully saturated rings. The first kappa shape index (κ1) is 19.6. The van der Waals surface area contributed by atoms with Crippen molar-refractivity contribution in [3.8, 4) is 0 Å². The van der Waals surface area contributed by atoms with E-state index in [1.54, 1.807) is 4.90 Å². The fraction of sp³-hybridized carbons (Fsp3) is 0.778. The minimum absolute atomic E-state index is 0.0477. The lowest BCUT2D eigenvalue weighted by Crippen LogP contribution is -2.56. The van der Waals surface area contributed by atoms with Crippen LogP contribution in [0.1, 0.15) is 70.1 Å². The van der Waals surface area contributed by atoms with Gasteiger partial charge in [0.15, 0.2) is 5.82 Å². The van der Waals surface area contributed by atoms with Crippen LogP contribution < -0.4 is 5.32 Å². The Labute approximate surface area is 159 Å². The molecule has 9 heteroatoms. The molecule has 2 heterocycles. The zero-order chi connectivity index (χ0) is 19.6. The Hall–Kier alpha value is -2.16. The normalized spacial score (nSPS) is 25.1. The molecule has 27 heavy (non-hydrogen) atoms. The smallest absolute Gasteiger partial charge is 0.318 e. The molecule has 1 saturated carbocycles. The highest BCUT2D eigenvalue weighted by molar-refractivity contribution is 5.75. The molecule has 1 aromatic heterocycles. The zero-order valence-electron chi connectivity index (χ0n) is 16.2. The summed E-state index contributed by atoms with van der Waals surface area (Å²) in [7, 11) is 0. The van der Waals surface area contributed by atoms with Crippen LogP contribution in [0.5, 0.6) is 0 Å². The molecule has 1 aliphatic heterocycles. The highest BCUT2D eigenvalue weighted by atomic mass is 16.5. The fourth-order valence-corrected chi connectivity index (χ4v) is 3.83. The molecular formula is C18H29N5O4. The van der Waals surface area contributed by atoms with Crippen molar-refractivity contribution in [1.82, 2.24) is 25.3 Å². The molecule has 0 aromatic carbocycles. The van der Waals surface area contributed by atoms with Gasteiger partial charge in [0.1, 0.15) is 0 Å². The van der Waals surface area contributed by atoms with E-state index in [2.05, 4.69) is 15.5 Å². The molecule has 0 spiro atoms. The second-order valence-corrected chi connectivity index (χ2v) is 7.73. The summed E-state index contributed by atoms with van der Waals surface area (Å²) >= 11 is 0. The van der Waals surface area contributed by atoms with Crippen LogP contribution in [0.25, 0.3) is 0 Å². The van der Waals surface area contributed by atoms with E-state index in [0.29, 0.717) is 24.8 Å². The van der Waals surface area contributed by atoms with E-state index in [4.69, 9.17) is 9.63 Å². The van der Waals surface area contributed by atoms with Crippen molar-refractivity contribution in [2.75, 3.05) is 19.6 Å². The largest absolute Gasteiger partial charge is 0.480 e. The lowest BCUT2D eigenvalue weighted by Gasteiger charge is -2.42. The number of carboxylic acid groups (broad SMARTS) is 1. The van der Waals surface area contributed by atoms with Gasteiger partial charge in [-0.2, -0.15) is 4.98 Å². The summed E-state index contributed by atoms with van der Waals surface area (Å²) in [5.41, 5.74) is 0. The van der Waals surface area contributed by atoms with Crippen molar-refractivity contribution in [2.24, 2.45) is 0 Å². The highest BCUT2D eigenvalue weighted by Crippen LogP contribution is 2.32. The van der Waals surface area contributed by atoms with E-state index in [1.165, 1.54) is 0 Å². The van der Waals surface area contributed by atoms with Crippen LogP contribution in [0, 0.1) is 0 Å². The molecule has 1 aromatic rings. The number of likely N-dealkylation sites (N-methyl/N-ethyl adjacent to an activating group) is 1. The molecule has 1 unspecified atom stereocenters. The first-order valence-corrected chi connectivity index (χ1v) is 9.75. The molecule has 2 aliphatic rings. The second kappa shape index (κ2) is 8.24. The summed E-state index contributed by atoms with van der Waals surface area (Å²) in [6.45, 7) is 7.37. The maximum atomic E-state index is 12.7. The number of nitrogens with zero attached hydrogens (tertiary/aromatic N) is 4. The van der Waals surface area contributed by atoms with Crippen LogP contribution in [-0.4, -0.2) is 68.8 Å². The third kappa shape index (κ3) is 4.40. The van der Waals surface area contributed by atoms with E-state index in [9.17, 15) is 9.59 Å². The van der Waals surface area contributed by atoms with Gasteiger partial charge in [-0.3, -0.25) is 9.69 Å².